The summed E-state index contributed by atoms with van der Waals surface area (Å²) in [5.41, 5.74) is 4.43. The molecule has 0 saturated carbocycles. The summed E-state index contributed by atoms with van der Waals surface area (Å²) in [6.45, 7) is 6.35. The van der Waals surface area contributed by atoms with Gasteiger partial charge in [0.25, 0.3) is 0 Å². The molecule has 2 aromatic carbocycles. The number of hydrogen-bond donors (Lipinski definition) is 1. The summed E-state index contributed by atoms with van der Waals surface area (Å²) in [6, 6.07) is 16.4. The van der Waals surface area contributed by atoms with Crippen molar-refractivity contribution in [2.75, 3.05) is 24.5 Å². The molecule has 2 saturated heterocycles. The first-order valence-corrected chi connectivity index (χ1v) is 11.0. The van der Waals surface area contributed by atoms with E-state index in [0.29, 0.717) is 13.1 Å². The summed E-state index contributed by atoms with van der Waals surface area (Å²) >= 11 is 0. The standard InChI is InChI=1S/C25H31N3O2/c1-19-5-11-23(12-6-19)28-18-22(15-24(28)29)25(30)26-16-20-7-9-21(10-8-20)17-27-13-3-2-4-14-27/h5-12,22H,2-4,13-18H2,1H3,(H,26,30). The highest BCUT2D eigenvalue weighted by Gasteiger charge is 2.34. The van der Waals surface area contributed by atoms with Crippen molar-refractivity contribution in [1.82, 2.24) is 10.2 Å². The number of piperidine rings is 1. The molecular weight excluding hydrogens is 374 g/mol. The fourth-order valence-corrected chi connectivity index (χ4v) is 4.33. The maximum Gasteiger partial charge on any atom is 0.227 e. The molecule has 2 fully saturated rings. The predicted octanol–water partition coefficient (Wildman–Crippen LogP) is 3.65. The van der Waals surface area contributed by atoms with E-state index in [0.717, 1.165) is 23.4 Å². The van der Waals surface area contributed by atoms with Gasteiger partial charge in [-0.1, -0.05) is 48.4 Å². The molecule has 2 aliphatic heterocycles. The Kier molecular flexibility index (Phi) is 6.48. The number of carbonyl (C=O) groups is 2. The van der Waals surface area contributed by atoms with E-state index < -0.39 is 0 Å². The van der Waals surface area contributed by atoms with Crippen molar-refractivity contribution in [3.63, 3.8) is 0 Å². The molecule has 0 aliphatic carbocycles. The Morgan fingerprint density at radius 2 is 1.63 bits per heavy atom. The summed E-state index contributed by atoms with van der Waals surface area (Å²) in [7, 11) is 0. The number of nitrogens with zero attached hydrogens (tertiary/aromatic N) is 2. The second-order valence-electron chi connectivity index (χ2n) is 8.61. The van der Waals surface area contributed by atoms with Gasteiger partial charge in [-0.15, -0.1) is 0 Å². The largest absolute Gasteiger partial charge is 0.352 e. The van der Waals surface area contributed by atoms with E-state index in [-0.39, 0.29) is 24.2 Å². The lowest BCUT2D eigenvalue weighted by atomic mass is 10.1. The predicted molar refractivity (Wildman–Crippen MR) is 119 cm³/mol. The average molecular weight is 406 g/mol. The van der Waals surface area contributed by atoms with Gasteiger partial charge in [0.05, 0.1) is 5.92 Å². The van der Waals surface area contributed by atoms with Crippen LogP contribution in [0, 0.1) is 12.8 Å². The number of nitrogens with one attached hydrogen (secondary N) is 1. The Labute approximate surface area is 179 Å². The molecule has 2 aliphatic rings. The Hall–Kier alpha value is -2.66. The first-order valence-electron chi connectivity index (χ1n) is 11.0. The summed E-state index contributed by atoms with van der Waals surface area (Å²) < 4.78 is 0. The number of amides is 2. The minimum atomic E-state index is -0.294. The number of benzene rings is 2. The minimum absolute atomic E-state index is 0.0149. The molecule has 4 rings (SSSR count). The van der Waals surface area contributed by atoms with Crippen LogP contribution < -0.4 is 10.2 Å². The number of aryl methyl sites for hydroxylation is 1. The van der Waals surface area contributed by atoms with Crippen LogP contribution in [-0.2, 0) is 22.7 Å². The van der Waals surface area contributed by atoms with Crippen molar-refractivity contribution < 1.29 is 9.59 Å². The number of hydrogen-bond acceptors (Lipinski definition) is 3. The molecule has 0 bridgehead atoms. The molecule has 2 aromatic rings. The van der Waals surface area contributed by atoms with E-state index in [1.165, 1.54) is 37.9 Å². The van der Waals surface area contributed by atoms with Gasteiger partial charge in [0.15, 0.2) is 0 Å². The monoisotopic (exact) mass is 405 g/mol. The first-order chi connectivity index (χ1) is 14.6. The zero-order valence-corrected chi connectivity index (χ0v) is 17.8. The lowest BCUT2D eigenvalue weighted by Gasteiger charge is -2.26. The van der Waals surface area contributed by atoms with Crippen LogP contribution in [0.25, 0.3) is 0 Å². The molecule has 0 aromatic heterocycles. The maximum atomic E-state index is 12.6. The molecule has 30 heavy (non-hydrogen) atoms. The Bertz CT molecular complexity index is 870. The quantitative estimate of drug-likeness (QED) is 0.798. The fraction of sp³-hybridized carbons (Fsp3) is 0.440. The molecule has 1 unspecified atom stereocenters. The van der Waals surface area contributed by atoms with Crippen LogP contribution in [-0.4, -0.2) is 36.3 Å². The number of anilines is 1. The molecule has 2 amide bonds. The lowest BCUT2D eigenvalue weighted by Crippen LogP contribution is -2.32. The topological polar surface area (TPSA) is 52.7 Å². The van der Waals surface area contributed by atoms with Crippen LogP contribution in [0.1, 0.15) is 42.4 Å². The van der Waals surface area contributed by atoms with Crippen LogP contribution >= 0.6 is 0 Å². The van der Waals surface area contributed by atoms with Crippen molar-refractivity contribution in [3.05, 3.63) is 65.2 Å². The molecular formula is C25H31N3O2. The van der Waals surface area contributed by atoms with Crippen molar-refractivity contribution in [2.45, 2.75) is 45.7 Å². The number of carbonyl (C=O) groups excluding carboxylic acids is 2. The third-order valence-electron chi connectivity index (χ3n) is 6.19. The highest BCUT2D eigenvalue weighted by Crippen LogP contribution is 2.25. The second-order valence-corrected chi connectivity index (χ2v) is 8.61. The van der Waals surface area contributed by atoms with Gasteiger partial charge in [0.1, 0.15) is 0 Å². The summed E-state index contributed by atoms with van der Waals surface area (Å²) in [4.78, 5) is 29.3. The van der Waals surface area contributed by atoms with Crippen molar-refractivity contribution in [1.29, 1.82) is 0 Å². The molecule has 1 atom stereocenters. The number of likely N-dealkylation sites (tertiary alicyclic amines) is 1. The zero-order chi connectivity index (χ0) is 20.9. The van der Waals surface area contributed by atoms with Crippen molar-refractivity contribution in [2.24, 2.45) is 5.92 Å². The SMILES string of the molecule is Cc1ccc(N2CC(C(=O)NCc3ccc(CN4CCCCC4)cc3)CC2=O)cc1. The van der Waals surface area contributed by atoms with Gasteiger partial charge in [-0.2, -0.15) is 0 Å². The maximum absolute atomic E-state index is 12.6. The molecule has 5 nitrogen and oxygen atoms in total. The third kappa shape index (κ3) is 5.08. The normalized spacial score (nSPS) is 19.8. The summed E-state index contributed by atoms with van der Waals surface area (Å²) in [6.07, 6.45) is 4.23. The molecule has 0 spiro atoms. The van der Waals surface area contributed by atoms with E-state index in [1.54, 1.807) is 4.90 Å². The van der Waals surface area contributed by atoms with Crippen LogP contribution in [0.5, 0.6) is 0 Å². The van der Waals surface area contributed by atoms with Crippen LogP contribution in [0.2, 0.25) is 0 Å². The van der Waals surface area contributed by atoms with E-state index >= 15 is 0 Å². The third-order valence-corrected chi connectivity index (χ3v) is 6.19. The zero-order valence-electron chi connectivity index (χ0n) is 17.8. The fourth-order valence-electron chi connectivity index (χ4n) is 4.33. The molecule has 0 radical (unpaired) electrons. The lowest BCUT2D eigenvalue weighted by molar-refractivity contribution is -0.126. The highest BCUT2D eigenvalue weighted by atomic mass is 16.2. The molecule has 5 heteroatoms. The number of rotatable bonds is 6. The van der Waals surface area contributed by atoms with Crippen molar-refractivity contribution in [3.8, 4) is 0 Å². The summed E-state index contributed by atoms with van der Waals surface area (Å²) in [5, 5.41) is 3.02. The van der Waals surface area contributed by atoms with Gasteiger partial charge in [0, 0.05) is 31.7 Å². The molecule has 158 valence electrons. The summed E-state index contributed by atoms with van der Waals surface area (Å²) in [5.74, 6) is -0.325. The van der Waals surface area contributed by atoms with Gasteiger partial charge in [-0.25, -0.2) is 0 Å². The molecule has 1 N–H and O–H groups in total. The van der Waals surface area contributed by atoms with E-state index in [1.807, 2.05) is 31.2 Å². The van der Waals surface area contributed by atoms with Gasteiger partial charge < -0.3 is 10.2 Å². The van der Waals surface area contributed by atoms with Crippen LogP contribution in [0.3, 0.4) is 0 Å². The van der Waals surface area contributed by atoms with Crippen LogP contribution in [0.15, 0.2) is 48.5 Å². The van der Waals surface area contributed by atoms with Gasteiger partial charge >= 0.3 is 0 Å². The Balaban J connectivity index is 1.27. The van der Waals surface area contributed by atoms with E-state index in [4.69, 9.17) is 0 Å². The van der Waals surface area contributed by atoms with Gasteiger partial charge in [0.2, 0.25) is 11.8 Å². The molecule has 2 heterocycles. The average Bonchev–Trinajstić information content (AvgIpc) is 3.16. The van der Waals surface area contributed by atoms with E-state index in [9.17, 15) is 9.59 Å². The smallest absolute Gasteiger partial charge is 0.227 e. The Morgan fingerprint density at radius 1 is 0.967 bits per heavy atom. The van der Waals surface area contributed by atoms with Crippen molar-refractivity contribution >= 4 is 17.5 Å². The first kappa shape index (κ1) is 20.6. The minimum Gasteiger partial charge on any atom is -0.352 e. The highest BCUT2D eigenvalue weighted by molar-refractivity contribution is 6.00. The second kappa shape index (κ2) is 9.43. The van der Waals surface area contributed by atoms with E-state index in [2.05, 4.69) is 34.5 Å². The van der Waals surface area contributed by atoms with Gasteiger partial charge in [-0.05, 0) is 56.1 Å². The van der Waals surface area contributed by atoms with Crippen LogP contribution in [0.4, 0.5) is 5.69 Å². The Morgan fingerprint density at radius 3 is 2.33 bits per heavy atom. The van der Waals surface area contributed by atoms with Gasteiger partial charge in [-0.3, -0.25) is 14.5 Å².